The monoisotopic (exact) mass is 257 g/mol. The summed E-state index contributed by atoms with van der Waals surface area (Å²) < 4.78 is 4.56. The summed E-state index contributed by atoms with van der Waals surface area (Å²) in [6.07, 6.45) is 0.752. The fourth-order valence-electron chi connectivity index (χ4n) is 1.72. The van der Waals surface area contributed by atoms with Crippen LogP contribution in [0.4, 0.5) is 0 Å². The molecule has 1 aliphatic rings. The van der Waals surface area contributed by atoms with Crippen LogP contribution in [-0.2, 0) is 19.1 Å². The van der Waals surface area contributed by atoms with Gasteiger partial charge in [-0.15, -0.1) is 0 Å². The van der Waals surface area contributed by atoms with Gasteiger partial charge in [-0.1, -0.05) is 6.92 Å². The Morgan fingerprint density at radius 3 is 2.72 bits per heavy atom. The maximum absolute atomic E-state index is 12.2. The summed E-state index contributed by atoms with van der Waals surface area (Å²) in [5.74, 6) is -0.770. The van der Waals surface area contributed by atoms with Gasteiger partial charge in [0.2, 0.25) is 11.8 Å². The lowest BCUT2D eigenvalue weighted by atomic mass is 10.2. The minimum Gasteiger partial charge on any atom is -0.468 e. The van der Waals surface area contributed by atoms with Crippen molar-refractivity contribution >= 4 is 17.8 Å². The number of hydrogen-bond donors (Lipinski definition) is 2. The van der Waals surface area contributed by atoms with Crippen molar-refractivity contribution in [2.45, 2.75) is 19.4 Å². The van der Waals surface area contributed by atoms with Gasteiger partial charge in [0.1, 0.15) is 12.6 Å². The van der Waals surface area contributed by atoms with E-state index in [0.29, 0.717) is 6.54 Å². The van der Waals surface area contributed by atoms with Crippen LogP contribution >= 0.6 is 0 Å². The van der Waals surface area contributed by atoms with Crippen LogP contribution in [0.25, 0.3) is 0 Å². The molecule has 2 N–H and O–H groups in total. The van der Waals surface area contributed by atoms with Gasteiger partial charge in [-0.25, -0.2) is 0 Å². The first kappa shape index (κ1) is 14.4. The molecule has 1 rings (SSSR count). The molecule has 102 valence electrons. The number of ether oxygens (including phenoxy) is 1. The molecule has 1 fully saturated rings. The maximum Gasteiger partial charge on any atom is 0.325 e. The van der Waals surface area contributed by atoms with Gasteiger partial charge in [0, 0.05) is 13.1 Å². The second kappa shape index (κ2) is 6.95. The lowest BCUT2D eigenvalue weighted by Crippen LogP contribution is -2.59. The molecule has 1 saturated heterocycles. The Bertz CT molecular complexity index is 322. The zero-order valence-electron chi connectivity index (χ0n) is 10.7. The van der Waals surface area contributed by atoms with Gasteiger partial charge in [-0.3, -0.25) is 19.7 Å². The molecule has 0 radical (unpaired) electrons. The van der Waals surface area contributed by atoms with Crippen molar-refractivity contribution in [2.75, 3.05) is 33.3 Å². The molecule has 0 aliphatic carbocycles. The van der Waals surface area contributed by atoms with Crippen LogP contribution in [0.3, 0.4) is 0 Å². The highest BCUT2D eigenvalue weighted by molar-refractivity contribution is 5.88. The number of esters is 1. The standard InChI is InChI=1S/C11H19N3O4/c1-3-4-14(7-10(16)18-2)11(17)8-5-13-9(15)6-12-8/h8,12H,3-7H2,1-2H3,(H,13,15). The first-order chi connectivity index (χ1) is 8.58. The number of nitrogens with zero attached hydrogens (tertiary/aromatic N) is 1. The highest BCUT2D eigenvalue weighted by Gasteiger charge is 2.28. The quantitative estimate of drug-likeness (QED) is 0.584. The fourth-order valence-corrected chi connectivity index (χ4v) is 1.72. The number of rotatable bonds is 5. The third kappa shape index (κ3) is 3.99. The molecule has 1 aliphatic heterocycles. The lowest BCUT2D eigenvalue weighted by Gasteiger charge is -2.29. The Kier molecular flexibility index (Phi) is 5.57. The average Bonchev–Trinajstić information content (AvgIpc) is 2.38. The Labute approximate surface area is 106 Å². The van der Waals surface area contributed by atoms with Gasteiger partial charge in [0.15, 0.2) is 0 Å². The van der Waals surface area contributed by atoms with Crippen LogP contribution in [0, 0.1) is 0 Å². The normalized spacial score (nSPS) is 19.0. The minimum atomic E-state index is -0.473. The summed E-state index contributed by atoms with van der Waals surface area (Å²) in [6, 6.07) is -0.473. The highest BCUT2D eigenvalue weighted by Crippen LogP contribution is 2.00. The van der Waals surface area contributed by atoms with Gasteiger partial charge >= 0.3 is 5.97 Å². The molecule has 0 aromatic heterocycles. The SMILES string of the molecule is CCCN(CC(=O)OC)C(=O)C1CNC(=O)CN1. The van der Waals surface area contributed by atoms with E-state index in [1.165, 1.54) is 12.0 Å². The molecular formula is C11H19N3O4. The molecule has 0 spiro atoms. The van der Waals surface area contributed by atoms with E-state index in [2.05, 4.69) is 15.4 Å². The first-order valence-corrected chi connectivity index (χ1v) is 5.94. The summed E-state index contributed by atoms with van der Waals surface area (Å²) in [5.41, 5.74) is 0. The van der Waals surface area contributed by atoms with Crippen LogP contribution in [0.1, 0.15) is 13.3 Å². The third-order valence-electron chi connectivity index (χ3n) is 2.66. The Hall–Kier alpha value is -1.63. The average molecular weight is 257 g/mol. The smallest absolute Gasteiger partial charge is 0.325 e. The number of piperazine rings is 1. The molecule has 2 amide bonds. The van der Waals surface area contributed by atoms with Crippen LogP contribution in [-0.4, -0.2) is 62.0 Å². The van der Waals surface area contributed by atoms with Crippen LogP contribution in [0.5, 0.6) is 0 Å². The van der Waals surface area contributed by atoms with Crippen LogP contribution in [0.15, 0.2) is 0 Å². The topological polar surface area (TPSA) is 87.7 Å². The second-order valence-corrected chi connectivity index (χ2v) is 4.07. The van der Waals surface area contributed by atoms with E-state index in [1.807, 2.05) is 6.92 Å². The zero-order chi connectivity index (χ0) is 13.5. The minimum absolute atomic E-state index is 0.0602. The molecule has 0 bridgehead atoms. The molecule has 1 unspecified atom stereocenters. The molecule has 7 nitrogen and oxygen atoms in total. The van der Waals surface area contributed by atoms with E-state index >= 15 is 0 Å². The predicted molar refractivity (Wildman–Crippen MR) is 63.7 cm³/mol. The molecule has 0 aromatic carbocycles. The molecule has 0 saturated carbocycles. The van der Waals surface area contributed by atoms with E-state index in [0.717, 1.165) is 6.42 Å². The van der Waals surface area contributed by atoms with Crippen molar-refractivity contribution in [2.24, 2.45) is 0 Å². The maximum atomic E-state index is 12.2. The van der Waals surface area contributed by atoms with Crippen molar-refractivity contribution in [3.8, 4) is 0 Å². The van der Waals surface area contributed by atoms with E-state index < -0.39 is 12.0 Å². The van der Waals surface area contributed by atoms with Crippen molar-refractivity contribution in [3.63, 3.8) is 0 Å². The molecule has 0 aromatic rings. The molecule has 1 atom stereocenters. The first-order valence-electron chi connectivity index (χ1n) is 5.94. The van der Waals surface area contributed by atoms with Crippen molar-refractivity contribution < 1.29 is 19.1 Å². The largest absolute Gasteiger partial charge is 0.468 e. The predicted octanol–water partition coefficient (Wildman–Crippen LogP) is -1.51. The van der Waals surface area contributed by atoms with E-state index in [9.17, 15) is 14.4 Å². The number of methoxy groups -OCH3 is 1. The van der Waals surface area contributed by atoms with E-state index in [4.69, 9.17) is 0 Å². The van der Waals surface area contributed by atoms with Crippen molar-refractivity contribution in [1.29, 1.82) is 0 Å². The summed E-state index contributed by atoms with van der Waals surface area (Å²) in [7, 11) is 1.29. The molecule has 1 heterocycles. The number of hydrogen-bond acceptors (Lipinski definition) is 5. The number of carbonyl (C=O) groups excluding carboxylic acids is 3. The van der Waals surface area contributed by atoms with Crippen molar-refractivity contribution in [3.05, 3.63) is 0 Å². The van der Waals surface area contributed by atoms with Crippen molar-refractivity contribution in [1.82, 2.24) is 15.5 Å². The molecule has 18 heavy (non-hydrogen) atoms. The number of carbonyl (C=O) groups is 3. The van der Waals surface area contributed by atoms with Crippen LogP contribution < -0.4 is 10.6 Å². The second-order valence-electron chi connectivity index (χ2n) is 4.07. The number of amides is 2. The summed E-state index contributed by atoms with van der Waals surface area (Å²) in [6.45, 7) is 2.72. The zero-order valence-corrected chi connectivity index (χ0v) is 10.7. The molecule has 7 heteroatoms. The van der Waals surface area contributed by atoms with E-state index in [1.54, 1.807) is 0 Å². The van der Waals surface area contributed by atoms with Crippen LogP contribution in [0.2, 0.25) is 0 Å². The summed E-state index contributed by atoms with van der Waals surface area (Å²) in [5, 5.41) is 5.46. The number of nitrogens with one attached hydrogen (secondary N) is 2. The van der Waals surface area contributed by atoms with E-state index in [-0.39, 0.29) is 31.4 Å². The van der Waals surface area contributed by atoms with Gasteiger partial charge < -0.3 is 15.0 Å². The third-order valence-corrected chi connectivity index (χ3v) is 2.66. The Morgan fingerprint density at radius 1 is 1.50 bits per heavy atom. The van der Waals surface area contributed by atoms with Gasteiger partial charge in [0.25, 0.3) is 0 Å². The van der Waals surface area contributed by atoms with Gasteiger partial charge in [-0.2, -0.15) is 0 Å². The highest BCUT2D eigenvalue weighted by atomic mass is 16.5. The molecular weight excluding hydrogens is 238 g/mol. The van der Waals surface area contributed by atoms with Gasteiger partial charge in [0.05, 0.1) is 13.7 Å². The summed E-state index contributed by atoms with van der Waals surface area (Å²) >= 11 is 0. The van der Waals surface area contributed by atoms with Gasteiger partial charge in [-0.05, 0) is 6.42 Å². The Morgan fingerprint density at radius 2 is 2.22 bits per heavy atom. The Balaban J connectivity index is 2.58. The fraction of sp³-hybridized carbons (Fsp3) is 0.727. The summed E-state index contributed by atoms with van der Waals surface area (Å²) in [4.78, 5) is 35.8. The lowest BCUT2D eigenvalue weighted by molar-refractivity contribution is -0.148.